The van der Waals surface area contributed by atoms with E-state index in [2.05, 4.69) is 15.2 Å². The van der Waals surface area contributed by atoms with E-state index in [0.29, 0.717) is 19.5 Å². The van der Waals surface area contributed by atoms with E-state index in [-0.39, 0.29) is 64.8 Å². The van der Waals surface area contributed by atoms with Crippen LogP contribution in [0.3, 0.4) is 0 Å². The number of nitrogens with zero attached hydrogens (tertiary/aromatic N) is 6. The van der Waals surface area contributed by atoms with Gasteiger partial charge in [-0.3, -0.25) is 9.48 Å². The van der Waals surface area contributed by atoms with Gasteiger partial charge in [-0.25, -0.2) is 27.6 Å². The van der Waals surface area contributed by atoms with Gasteiger partial charge in [0.15, 0.2) is 5.82 Å². The summed E-state index contributed by atoms with van der Waals surface area (Å²) in [5, 5.41) is 17.5. The second-order valence-electron chi connectivity index (χ2n) is 12.7. The van der Waals surface area contributed by atoms with Crippen molar-refractivity contribution in [2.45, 2.75) is 82.5 Å². The highest BCUT2D eigenvalue weighted by Crippen LogP contribution is 2.59. The Kier molecular flexibility index (Phi) is 9.27. The van der Waals surface area contributed by atoms with Crippen molar-refractivity contribution in [2.75, 3.05) is 13.2 Å². The molecule has 2 aliphatic rings. The number of sulfonamides is 1. The number of pyridine rings is 1. The van der Waals surface area contributed by atoms with E-state index in [1.54, 1.807) is 0 Å². The first-order valence-electron chi connectivity index (χ1n) is 14.9. The minimum absolute atomic E-state index is 0.0806. The van der Waals surface area contributed by atoms with Crippen LogP contribution in [-0.4, -0.2) is 79.8 Å². The van der Waals surface area contributed by atoms with E-state index < -0.39 is 39.2 Å². The molecule has 2 N–H and O–H groups in total. The first-order chi connectivity index (χ1) is 21.9. The second kappa shape index (κ2) is 12.6. The Morgan fingerprint density at radius 2 is 1.91 bits per heavy atom. The lowest BCUT2D eigenvalue weighted by Crippen LogP contribution is -2.41. The lowest BCUT2D eigenvalue weighted by atomic mass is 9.93. The van der Waals surface area contributed by atoms with Gasteiger partial charge in [0.2, 0.25) is 5.88 Å². The minimum Gasteiger partial charge on any atom is -0.477 e. The predicted molar refractivity (Wildman–Crippen MR) is 162 cm³/mol. The highest BCUT2D eigenvalue weighted by Gasteiger charge is 2.62. The van der Waals surface area contributed by atoms with Crippen LogP contribution in [0.5, 0.6) is 5.88 Å². The maximum absolute atomic E-state index is 13.1. The molecule has 18 heteroatoms. The zero-order valence-corrected chi connectivity index (χ0v) is 27.5. The molecule has 0 bridgehead atoms. The van der Waals surface area contributed by atoms with Crippen LogP contribution in [0.15, 0.2) is 35.5 Å². The zero-order valence-electron chi connectivity index (χ0n) is 25.9. The van der Waals surface area contributed by atoms with Gasteiger partial charge >= 0.3 is 12.3 Å². The van der Waals surface area contributed by atoms with Crippen LogP contribution in [0.2, 0.25) is 5.15 Å². The van der Waals surface area contributed by atoms with Gasteiger partial charge in [-0.05, 0) is 77.3 Å². The van der Waals surface area contributed by atoms with Gasteiger partial charge in [-0.15, -0.1) is 5.10 Å². The van der Waals surface area contributed by atoms with Crippen LogP contribution < -0.4 is 9.46 Å². The number of hydrogen-bond donors (Lipinski definition) is 2. The topological polar surface area (TPSA) is 162 Å². The second-order valence-corrected chi connectivity index (χ2v) is 14.7. The molecule has 1 aliphatic carbocycles. The Morgan fingerprint density at radius 1 is 1.19 bits per heavy atom. The normalized spacial score (nSPS) is 18.7. The molecule has 5 rings (SSSR count). The zero-order chi connectivity index (χ0) is 34.4. The van der Waals surface area contributed by atoms with Crippen molar-refractivity contribution in [1.29, 1.82) is 0 Å². The molecule has 1 atom stereocenters. The van der Waals surface area contributed by atoms with Crippen LogP contribution in [0.1, 0.15) is 68.4 Å². The third-order valence-corrected chi connectivity index (χ3v) is 10.5. The lowest BCUT2D eigenvalue weighted by Gasteiger charge is -2.28. The highest BCUT2D eigenvalue weighted by molar-refractivity contribution is 7.90. The van der Waals surface area contributed by atoms with Crippen molar-refractivity contribution in [3.8, 4) is 11.7 Å². The first-order valence-corrected chi connectivity index (χ1v) is 16.8. The van der Waals surface area contributed by atoms with Crippen molar-refractivity contribution < 1.29 is 41.0 Å². The van der Waals surface area contributed by atoms with E-state index in [1.807, 2.05) is 18.6 Å². The summed E-state index contributed by atoms with van der Waals surface area (Å²) in [4.78, 5) is 29.8. The average Bonchev–Trinajstić information content (AvgIpc) is 3.28. The van der Waals surface area contributed by atoms with Gasteiger partial charge < -0.3 is 14.7 Å². The van der Waals surface area contributed by atoms with Gasteiger partial charge in [0.05, 0.1) is 23.3 Å². The number of amides is 2. The summed E-state index contributed by atoms with van der Waals surface area (Å²) in [5.41, 5.74) is -2.16. The summed E-state index contributed by atoms with van der Waals surface area (Å²) >= 11 is 6.23. The number of likely N-dealkylation sites (tertiary alicyclic amines) is 1. The molecular formula is C29H35ClF3N7O6S. The molecule has 0 radical (unpaired) electrons. The number of rotatable bonds is 12. The van der Waals surface area contributed by atoms with Crippen LogP contribution in [0.25, 0.3) is 5.82 Å². The fraction of sp³-hybridized carbons (Fsp3) is 0.552. The van der Waals surface area contributed by atoms with Crippen LogP contribution in [0.4, 0.5) is 18.0 Å². The molecule has 1 aliphatic heterocycles. The SMILES string of the molecule is Cc1nn(CCCC2CN(C(=O)O)C(C)(C)C2)cc1S(=O)(=O)NC(=O)c1ccc(-n2ccc(OCCC3(C(F)(F)F)CC3)n2)nc1Cl. The van der Waals surface area contributed by atoms with Crippen molar-refractivity contribution in [2.24, 2.45) is 11.3 Å². The van der Waals surface area contributed by atoms with Crippen LogP contribution in [0, 0.1) is 18.3 Å². The molecule has 0 aromatic carbocycles. The van der Waals surface area contributed by atoms with Crippen LogP contribution >= 0.6 is 11.6 Å². The standard InChI is InChI=1S/C29H35ClF3N7O6S/c1-18-21(17-38(35-18)12-4-5-19-15-27(2,3)39(16-19)26(42)43)47(44,45)37-25(41)20-6-7-22(34-24(20)30)40-13-8-23(36-40)46-14-11-28(9-10-28)29(31,32)33/h6-8,13,17,19H,4-5,9-12,14-16H2,1-3H3,(H,37,41)(H,42,43). The smallest absolute Gasteiger partial charge is 0.407 e. The Labute approximate surface area is 274 Å². The largest absolute Gasteiger partial charge is 0.477 e. The van der Waals surface area contributed by atoms with Crippen LogP contribution in [-0.2, 0) is 16.6 Å². The Balaban J connectivity index is 1.16. The number of carboxylic acid groups (broad SMARTS) is 1. The number of halogens is 4. The number of carbonyl (C=O) groups is 2. The molecule has 256 valence electrons. The van der Waals surface area contributed by atoms with Gasteiger partial charge in [-0.2, -0.15) is 18.3 Å². The van der Waals surface area contributed by atoms with E-state index in [0.717, 1.165) is 12.8 Å². The Morgan fingerprint density at radius 3 is 2.53 bits per heavy atom. The van der Waals surface area contributed by atoms with E-state index in [9.17, 15) is 36.3 Å². The monoisotopic (exact) mass is 701 g/mol. The summed E-state index contributed by atoms with van der Waals surface area (Å²) < 4.78 is 75.7. The molecule has 4 heterocycles. The average molecular weight is 702 g/mol. The minimum atomic E-state index is -4.34. The van der Waals surface area contributed by atoms with E-state index in [1.165, 1.54) is 51.8 Å². The summed E-state index contributed by atoms with van der Waals surface area (Å²) in [6.07, 6.45) is -0.321. The van der Waals surface area contributed by atoms with Crippen molar-refractivity contribution in [3.05, 3.63) is 47.0 Å². The lowest BCUT2D eigenvalue weighted by molar-refractivity contribution is -0.190. The number of nitrogens with one attached hydrogen (secondary N) is 1. The molecule has 0 spiro atoms. The van der Waals surface area contributed by atoms with Gasteiger partial charge in [-0.1, -0.05) is 11.6 Å². The molecule has 1 saturated heterocycles. The molecular weight excluding hydrogens is 667 g/mol. The fourth-order valence-electron chi connectivity index (χ4n) is 5.98. The molecule has 47 heavy (non-hydrogen) atoms. The summed E-state index contributed by atoms with van der Waals surface area (Å²) in [6.45, 7) is 5.97. The number of carbonyl (C=O) groups excluding carboxylic acids is 1. The molecule has 2 amide bonds. The number of aromatic nitrogens is 5. The highest BCUT2D eigenvalue weighted by atomic mass is 35.5. The number of hydrogen-bond acceptors (Lipinski definition) is 8. The third kappa shape index (κ3) is 7.50. The number of alkyl halides is 3. The fourth-order valence-corrected chi connectivity index (χ4v) is 7.37. The Hall–Kier alpha value is -3.86. The molecule has 3 aromatic rings. The van der Waals surface area contributed by atoms with E-state index in [4.69, 9.17) is 16.3 Å². The van der Waals surface area contributed by atoms with Gasteiger partial charge in [0.1, 0.15) is 10.0 Å². The molecule has 13 nitrogen and oxygen atoms in total. The maximum atomic E-state index is 13.1. The molecule has 3 aromatic heterocycles. The molecule has 1 unspecified atom stereocenters. The number of aryl methyl sites for hydroxylation is 2. The van der Waals surface area contributed by atoms with Crippen molar-refractivity contribution in [3.63, 3.8) is 0 Å². The Bertz CT molecular complexity index is 1770. The summed E-state index contributed by atoms with van der Waals surface area (Å²) in [5.74, 6) is -0.597. The maximum Gasteiger partial charge on any atom is 0.407 e. The molecule has 1 saturated carbocycles. The quantitative estimate of drug-likeness (QED) is 0.241. The summed E-state index contributed by atoms with van der Waals surface area (Å²) in [7, 11) is -4.34. The van der Waals surface area contributed by atoms with Gasteiger partial charge in [0.25, 0.3) is 15.9 Å². The predicted octanol–water partition coefficient (Wildman–Crippen LogP) is 5.21. The van der Waals surface area contributed by atoms with Gasteiger partial charge in [0, 0.05) is 37.1 Å². The summed E-state index contributed by atoms with van der Waals surface area (Å²) in [6, 6.07) is 4.09. The molecule has 2 fully saturated rings. The third-order valence-electron chi connectivity index (χ3n) is 8.77. The van der Waals surface area contributed by atoms with Crippen molar-refractivity contribution in [1.82, 2.24) is 34.2 Å². The first kappa shape index (κ1) is 34.5. The van der Waals surface area contributed by atoms with E-state index >= 15 is 0 Å². The number of ether oxygens (including phenoxy) is 1. The van der Waals surface area contributed by atoms with Crippen molar-refractivity contribution >= 4 is 33.6 Å².